The second-order valence-electron chi connectivity index (χ2n) is 10.9. The quantitative estimate of drug-likeness (QED) is 0.382. The number of amides is 3. The van der Waals surface area contributed by atoms with Gasteiger partial charge in [0.1, 0.15) is 17.3 Å². The molecule has 4 rings (SSSR count). The van der Waals surface area contributed by atoms with Crippen LogP contribution < -0.4 is 5.32 Å². The Morgan fingerprint density at radius 2 is 1.84 bits per heavy atom. The fraction of sp³-hybridized carbons (Fsp3) is 0.393. The lowest BCUT2D eigenvalue weighted by molar-refractivity contribution is -0.144. The SMILES string of the molecule is [C-]#[N+][C@@H]1C[C@@]2(CN1C(=O)[C@H](CC(C)(C)C)N(C)C(=O)C(=O)c1ccc(F)cc1)C(=O)Nc1ccccc12. The second kappa shape index (κ2) is 9.43. The molecule has 192 valence electrons. The van der Waals surface area contributed by atoms with Gasteiger partial charge in [-0.25, -0.2) is 11.0 Å². The molecule has 2 heterocycles. The van der Waals surface area contributed by atoms with Crippen LogP contribution >= 0.6 is 0 Å². The lowest BCUT2D eigenvalue weighted by atomic mass is 9.80. The minimum Gasteiger partial charge on any atom is -0.327 e. The van der Waals surface area contributed by atoms with Crippen LogP contribution in [-0.2, 0) is 19.8 Å². The molecule has 1 N–H and O–H groups in total. The third-order valence-electron chi connectivity index (χ3n) is 7.07. The fourth-order valence-electron chi connectivity index (χ4n) is 5.14. The molecule has 0 aromatic heterocycles. The Morgan fingerprint density at radius 3 is 2.46 bits per heavy atom. The van der Waals surface area contributed by atoms with Gasteiger partial charge < -0.3 is 10.2 Å². The van der Waals surface area contributed by atoms with E-state index in [0.29, 0.717) is 5.69 Å². The number of para-hydroxylation sites is 1. The summed E-state index contributed by atoms with van der Waals surface area (Å²) in [6.45, 7) is 13.5. The molecule has 3 atom stereocenters. The average Bonchev–Trinajstić information content (AvgIpc) is 3.39. The van der Waals surface area contributed by atoms with E-state index in [9.17, 15) is 23.6 Å². The maximum atomic E-state index is 14.0. The molecular weight excluding hydrogens is 475 g/mol. The number of fused-ring (bicyclic) bond motifs is 2. The Kier molecular flexibility index (Phi) is 6.63. The first-order valence-corrected chi connectivity index (χ1v) is 12.0. The lowest BCUT2D eigenvalue weighted by Crippen LogP contribution is -2.53. The van der Waals surface area contributed by atoms with E-state index in [1.165, 1.54) is 24.1 Å². The third kappa shape index (κ3) is 4.71. The topological polar surface area (TPSA) is 91.2 Å². The van der Waals surface area contributed by atoms with Crippen LogP contribution in [-0.4, -0.2) is 59.1 Å². The van der Waals surface area contributed by atoms with Crippen molar-refractivity contribution in [2.24, 2.45) is 5.41 Å². The van der Waals surface area contributed by atoms with Crippen molar-refractivity contribution in [2.45, 2.75) is 51.2 Å². The minimum absolute atomic E-state index is 0.00366. The molecule has 1 fully saturated rings. The summed E-state index contributed by atoms with van der Waals surface area (Å²) < 4.78 is 13.3. The number of rotatable bonds is 5. The second-order valence-corrected chi connectivity index (χ2v) is 10.9. The molecule has 0 radical (unpaired) electrons. The number of ketones is 1. The van der Waals surface area contributed by atoms with E-state index in [4.69, 9.17) is 6.57 Å². The zero-order chi connectivity index (χ0) is 27.1. The zero-order valence-corrected chi connectivity index (χ0v) is 21.2. The lowest BCUT2D eigenvalue weighted by Gasteiger charge is -2.34. The van der Waals surface area contributed by atoms with Gasteiger partial charge in [0.15, 0.2) is 0 Å². The Labute approximate surface area is 215 Å². The summed E-state index contributed by atoms with van der Waals surface area (Å²) >= 11 is 0. The first-order chi connectivity index (χ1) is 17.4. The Hall–Kier alpha value is -4.06. The van der Waals surface area contributed by atoms with Crippen LogP contribution in [0.5, 0.6) is 0 Å². The van der Waals surface area contributed by atoms with Crippen molar-refractivity contribution in [1.29, 1.82) is 0 Å². The Bertz CT molecular complexity index is 1310. The van der Waals surface area contributed by atoms with Gasteiger partial charge in [-0.1, -0.05) is 39.0 Å². The average molecular weight is 505 g/mol. The van der Waals surface area contributed by atoms with Crippen LogP contribution in [0.3, 0.4) is 0 Å². The highest BCUT2D eigenvalue weighted by molar-refractivity contribution is 6.43. The zero-order valence-electron chi connectivity index (χ0n) is 21.2. The standard InChI is InChI=1S/C28H29FN4O4/c1-27(2,3)14-21(32(5)25(36)23(34)17-10-12-18(29)13-11-17)24(35)33-16-28(15-22(33)30-4)19-8-6-7-9-20(19)31-26(28)37/h6-13,21-22H,14-16H2,1-3,5H3,(H,31,37)/t21-,22-,28-/m0/s1. The normalized spacial score (nSPS) is 21.2. The number of likely N-dealkylation sites (tertiary alicyclic amines) is 1. The molecule has 2 aliphatic heterocycles. The van der Waals surface area contributed by atoms with E-state index in [2.05, 4.69) is 10.2 Å². The van der Waals surface area contributed by atoms with Crippen molar-refractivity contribution >= 4 is 29.2 Å². The van der Waals surface area contributed by atoms with E-state index >= 15 is 0 Å². The number of anilines is 1. The van der Waals surface area contributed by atoms with Crippen molar-refractivity contribution in [2.75, 3.05) is 18.9 Å². The number of halogens is 1. The molecular formula is C28H29FN4O4. The number of nitrogens with zero attached hydrogens (tertiary/aromatic N) is 3. The number of Topliss-reactive ketones (excluding diaryl/α,β-unsaturated/α-hetero) is 1. The van der Waals surface area contributed by atoms with Crippen LogP contribution in [0.1, 0.15) is 49.5 Å². The number of nitrogens with one attached hydrogen (secondary N) is 1. The molecule has 0 bridgehead atoms. The number of carbonyl (C=O) groups excluding carboxylic acids is 4. The Morgan fingerprint density at radius 1 is 1.19 bits per heavy atom. The largest absolute Gasteiger partial charge is 0.327 e. The van der Waals surface area contributed by atoms with Crippen LogP contribution in [0.15, 0.2) is 48.5 Å². The number of carbonyl (C=O) groups is 4. The van der Waals surface area contributed by atoms with Gasteiger partial charge in [-0.2, -0.15) is 0 Å². The van der Waals surface area contributed by atoms with Gasteiger partial charge in [-0.15, -0.1) is 0 Å². The summed E-state index contributed by atoms with van der Waals surface area (Å²) in [5, 5.41) is 2.86. The van der Waals surface area contributed by atoms with Crippen LogP contribution in [0.2, 0.25) is 0 Å². The van der Waals surface area contributed by atoms with Gasteiger partial charge in [0.25, 0.3) is 11.8 Å². The number of hydrogen-bond acceptors (Lipinski definition) is 4. The maximum absolute atomic E-state index is 14.0. The van der Waals surface area contributed by atoms with E-state index in [0.717, 1.165) is 22.6 Å². The summed E-state index contributed by atoms with van der Waals surface area (Å²) in [7, 11) is 1.38. The maximum Gasteiger partial charge on any atom is 0.302 e. The molecule has 1 spiro atoms. The number of hydrogen-bond donors (Lipinski definition) is 1. The van der Waals surface area contributed by atoms with E-state index < -0.39 is 46.5 Å². The van der Waals surface area contributed by atoms with Crippen molar-refractivity contribution in [3.05, 3.63) is 76.9 Å². The summed E-state index contributed by atoms with van der Waals surface area (Å²) in [5.41, 5.74) is -0.0454. The highest BCUT2D eigenvalue weighted by atomic mass is 19.1. The van der Waals surface area contributed by atoms with Crippen LogP contribution in [0.25, 0.3) is 4.85 Å². The molecule has 0 unspecified atom stereocenters. The van der Waals surface area contributed by atoms with E-state index in [-0.39, 0.29) is 30.9 Å². The van der Waals surface area contributed by atoms with Crippen molar-refractivity contribution < 1.29 is 23.6 Å². The van der Waals surface area contributed by atoms with Crippen LogP contribution in [0.4, 0.5) is 10.1 Å². The summed E-state index contributed by atoms with van der Waals surface area (Å²) in [6, 6.07) is 10.8. The molecule has 3 amide bonds. The van der Waals surface area contributed by atoms with Gasteiger partial charge in [0.05, 0.1) is 6.42 Å². The van der Waals surface area contributed by atoms with Gasteiger partial charge >= 0.3 is 6.17 Å². The van der Waals surface area contributed by atoms with Crippen LogP contribution in [0, 0.1) is 17.8 Å². The van der Waals surface area contributed by atoms with E-state index in [1.807, 2.05) is 32.9 Å². The number of benzene rings is 2. The Balaban J connectivity index is 1.65. The highest BCUT2D eigenvalue weighted by Gasteiger charge is 2.59. The van der Waals surface area contributed by atoms with Gasteiger partial charge in [0, 0.05) is 24.8 Å². The van der Waals surface area contributed by atoms with Crippen molar-refractivity contribution in [3.8, 4) is 0 Å². The molecule has 37 heavy (non-hydrogen) atoms. The van der Waals surface area contributed by atoms with Gasteiger partial charge in [0.2, 0.25) is 11.7 Å². The highest BCUT2D eigenvalue weighted by Crippen LogP contribution is 2.47. The summed E-state index contributed by atoms with van der Waals surface area (Å²) in [4.78, 5) is 59.3. The molecule has 2 aromatic rings. The fourth-order valence-corrected chi connectivity index (χ4v) is 5.14. The monoisotopic (exact) mass is 504 g/mol. The van der Waals surface area contributed by atoms with Gasteiger partial charge in [-0.3, -0.25) is 28.9 Å². The number of likely N-dealkylation sites (N-methyl/N-ethyl adjacent to an activating group) is 1. The molecule has 8 nitrogen and oxygen atoms in total. The first kappa shape index (κ1) is 26.0. The first-order valence-electron chi connectivity index (χ1n) is 12.0. The summed E-state index contributed by atoms with van der Waals surface area (Å²) in [5.74, 6) is -3.07. The molecule has 2 aromatic carbocycles. The smallest absolute Gasteiger partial charge is 0.302 e. The minimum atomic E-state index is -1.06. The van der Waals surface area contributed by atoms with Crippen molar-refractivity contribution in [3.63, 3.8) is 0 Å². The summed E-state index contributed by atoms with van der Waals surface area (Å²) in [6.07, 6.45) is -0.537. The molecule has 2 aliphatic rings. The van der Waals surface area contributed by atoms with E-state index in [1.54, 1.807) is 12.1 Å². The molecule has 0 aliphatic carbocycles. The molecule has 0 saturated carbocycles. The predicted octanol–water partition coefficient (Wildman–Crippen LogP) is 3.64. The predicted molar refractivity (Wildman–Crippen MR) is 135 cm³/mol. The molecule has 1 saturated heterocycles. The van der Waals surface area contributed by atoms with Crippen molar-refractivity contribution in [1.82, 2.24) is 9.80 Å². The molecule has 9 heteroatoms. The third-order valence-corrected chi connectivity index (χ3v) is 7.07. The van der Waals surface area contributed by atoms with Gasteiger partial charge in [-0.05, 0) is 47.7 Å².